The predicted octanol–water partition coefficient (Wildman–Crippen LogP) is 0.367. The highest BCUT2D eigenvalue weighted by atomic mass is 16.7. The lowest BCUT2D eigenvalue weighted by atomic mass is 9.88. The number of aliphatic hydroxyl groups is 1. The average molecular weight is 246 g/mol. The van der Waals surface area contributed by atoms with Crippen LogP contribution in [0.15, 0.2) is 0 Å². The number of rotatable bonds is 2. The molecule has 1 rings (SSSR count). The molecule has 0 aromatic rings. The van der Waals surface area contributed by atoms with E-state index in [1.807, 2.05) is 0 Å². The fourth-order valence-corrected chi connectivity index (χ4v) is 1.97. The molecule has 1 N–H and O–H groups in total. The lowest BCUT2D eigenvalue weighted by molar-refractivity contribution is -0.269. The SMILES string of the molecule is CC(=O)OC1CC(C)(O)C(OC(C)=O)C(C)O1. The fourth-order valence-electron chi connectivity index (χ4n) is 1.97. The molecule has 0 aromatic carbocycles. The molecule has 1 aliphatic heterocycles. The van der Waals surface area contributed by atoms with Gasteiger partial charge in [-0.2, -0.15) is 0 Å². The normalized spacial score (nSPS) is 37.4. The Morgan fingerprint density at radius 3 is 2.24 bits per heavy atom. The van der Waals surface area contributed by atoms with Crippen molar-refractivity contribution >= 4 is 11.9 Å². The van der Waals surface area contributed by atoms with E-state index in [0.717, 1.165) is 0 Å². The van der Waals surface area contributed by atoms with Crippen LogP contribution in [-0.2, 0) is 23.8 Å². The summed E-state index contributed by atoms with van der Waals surface area (Å²) in [5, 5.41) is 10.2. The van der Waals surface area contributed by atoms with Gasteiger partial charge in [-0.25, -0.2) is 0 Å². The van der Waals surface area contributed by atoms with Gasteiger partial charge in [0.1, 0.15) is 5.60 Å². The van der Waals surface area contributed by atoms with Crippen LogP contribution in [0.5, 0.6) is 0 Å². The fraction of sp³-hybridized carbons (Fsp3) is 0.818. The molecule has 6 nitrogen and oxygen atoms in total. The second kappa shape index (κ2) is 5.01. The van der Waals surface area contributed by atoms with E-state index in [2.05, 4.69) is 0 Å². The number of ether oxygens (including phenoxy) is 3. The Kier molecular flexibility index (Phi) is 4.11. The van der Waals surface area contributed by atoms with Crippen molar-refractivity contribution in [3.05, 3.63) is 0 Å². The van der Waals surface area contributed by atoms with Crippen molar-refractivity contribution in [1.29, 1.82) is 0 Å². The van der Waals surface area contributed by atoms with Crippen LogP contribution in [0.2, 0.25) is 0 Å². The second-order valence-corrected chi connectivity index (χ2v) is 4.47. The lowest BCUT2D eigenvalue weighted by Gasteiger charge is -2.43. The Labute approximate surface area is 99.8 Å². The number of carbonyl (C=O) groups excluding carboxylic acids is 2. The molecular formula is C11H18O6. The van der Waals surface area contributed by atoms with Gasteiger partial charge < -0.3 is 19.3 Å². The first-order valence-corrected chi connectivity index (χ1v) is 5.44. The minimum absolute atomic E-state index is 0.0644. The van der Waals surface area contributed by atoms with Gasteiger partial charge in [0, 0.05) is 20.3 Å². The van der Waals surface area contributed by atoms with Crippen molar-refractivity contribution in [1.82, 2.24) is 0 Å². The zero-order valence-electron chi connectivity index (χ0n) is 10.4. The minimum Gasteiger partial charge on any atom is -0.457 e. The highest BCUT2D eigenvalue weighted by Crippen LogP contribution is 2.31. The zero-order valence-corrected chi connectivity index (χ0v) is 10.4. The van der Waals surface area contributed by atoms with Crippen LogP contribution in [0.3, 0.4) is 0 Å². The maximum absolute atomic E-state index is 10.9. The van der Waals surface area contributed by atoms with Gasteiger partial charge in [-0.1, -0.05) is 0 Å². The Bertz CT molecular complexity index is 311. The summed E-state index contributed by atoms with van der Waals surface area (Å²) >= 11 is 0. The van der Waals surface area contributed by atoms with E-state index in [1.165, 1.54) is 20.8 Å². The maximum Gasteiger partial charge on any atom is 0.304 e. The molecule has 4 atom stereocenters. The van der Waals surface area contributed by atoms with Gasteiger partial charge in [0.25, 0.3) is 0 Å². The second-order valence-electron chi connectivity index (χ2n) is 4.47. The molecule has 1 fully saturated rings. The van der Waals surface area contributed by atoms with E-state index >= 15 is 0 Å². The summed E-state index contributed by atoms with van der Waals surface area (Å²) in [6.45, 7) is 5.70. The number of esters is 2. The molecule has 0 aromatic heterocycles. The lowest BCUT2D eigenvalue weighted by Crippen LogP contribution is -2.57. The number of hydrogen-bond donors (Lipinski definition) is 1. The summed E-state index contributed by atoms with van der Waals surface area (Å²) in [6, 6.07) is 0. The molecule has 1 heterocycles. The van der Waals surface area contributed by atoms with Gasteiger partial charge in [-0.3, -0.25) is 9.59 Å². The molecule has 0 radical (unpaired) electrons. The largest absolute Gasteiger partial charge is 0.457 e. The van der Waals surface area contributed by atoms with Gasteiger partial charge in [0.05, 0.1) is 6.10 Å². The van der Waals surface area contributed by atoms with Gasteiger partial charge in [0.2, 0.25) is 6.29 Å². The molecule has 1 saturated heterocycles. The van der Waals surface area contributed by atoms with Crippen molar-refractivity contribution in [2.24, 2.45) is 0 Å². The summed E-state index contributed by atoms with van der Waals surface area (Å²) in [5.41, 5.74) is -1.29. The third kappa shape index (κ3) is 3.67. The molecule has 4 unspecified atom stereocenters. The highest BCUT2D eigenvalue weighted by molar-refractivity contribution is 5.66. The summed E-state index contributed by atoms with van der Waals surface area (Å²) < 4.78 is 15.3. The standard InChI is InChI=1S/C11H18O6/c1-6-10(17-8(3)13)11(4,14)5-9(15-6)16-7(2)12/h6,9-10,14H,5H2,1-4H3. The molecule has 0 spiro atoms. The van der Waals surface area contributed by atoms with Crippen LogP contribution in [0.4, 0.5) is 0 Å². The number of hydrogen-bond acceptors (Lipinski definition) is 6. The molecule has 0 amide bonds. The average Bonchev–Trinajstić information content (AvgIpc) is 2.09. The van der Waals surface area contributed by atoms with Gasteiger partial charge in [-0.15, -0.1) is 0 Å². The van der Waals surface area contributed by atoms with Crippen LogP contribution in [0.25, 0.3) is 0 Å². The van der Waals surface area contributed by atoms with E-state index in [4.69, 9.17) is 14.2 Å². The minimum atomic E-state index is -1.29. The van der Waals surface area contributed by atoms with Gasteiger partial charge in [-0.05, 0) is 13.8 Å². The third-order valence-corrected chi connectivity index (χ3v) is 2.58. The van der Waals surface area contributed by atoms with Crippen molar-refractivity contribution in [2.75, 3.05) is 0 Å². The highest BCUT2D eigenvalue weighted by Gasteiger charge is 2.47. The Morgan fingerprint density at radius 2 is 1.82 bits per heavy atom. The van der Waals surface area contributed by atoms with Crippen LogP contribution in [0.1, 0.15) is 34.1 Å². The summed E-state index contributed by atoms with van der Waals surface area (Å²) in [7, 11) is 0. The first kappa shape index (κ1) is 13.9. The van der Waals surface area contributed by atoms with E-state index in [1.54, 1.807) is 6.92 Å². The van der Waals surface area contributed by atoms with E-state index in [-0.39, 0.29) is 6.42 Å². The first-order valence-electron chi connectivity index (χ1n) is 5.44. The van der Waals surface area contributed by atoms with Gasteiger partial charge >= 0.3 is 11.9 Å². The van der Waals surface area contributed by atoms with Crippen molar-refractivity contribution < 1.29 is 28.9 Å². The smallest absolute Gasteiger partial charge is 0.304 e. The zero-order chi connectivity index (χ0) is 13.2. The van der Waals surface area contributed by atoms with Crippen molar-refractivity contribution in [3.8, 4) is 0 Å². The molecular weight excluding hydrogens is 228 g/mol. The van der Waals surface area contributed by atoms with Crippen LogP contribution < -0.4 is 0 Å². The Hall–Kier alpha value is -1.14. The Morgan fingerprint density at radius 1 is 1.29 bits per heavy atom. The maximum atomic E-state index is 10.9. The summed E-state index contributed by atoms with van der Waals surface area (Å²) in [4.78, 5) is 21.8. The molecule has 17 heavy (non-hydrogen) atoms. The van der Waals surface area contributed by atoms with Crippen LogP contribution in [-0.4, -0.2) is 41.1 Å². The van der Waals surface area contributed by atoms with Gasteiger partial charge in [0.15, 0.2) is 6.10 Å². The van der Waals surface area contributed by atoms with Crippen LogP contribution in [0, 0.1) is 0 Å². The van der Waals surface area contributed by atoms with E-state index in [0.29, 0.717) is 0 Å². The monoisotopic (exact) mass is 246 g/mol. The third-order valence-electron chi connectivity index (χ3n) is 2.58. The van der Waals surface area contributed by atoms with E-state index in [9.17, 15) is 14.7 Å². The summed E-state index contributed by atoms with van der Waals surface area (Å²) in [6.07, 6.45) is -2.07. The first-order chi connectivity index (χ1) is 7.72. The van der Waals surface area contributed by atoms with Crippen molar-refractivity contribution in [3.63, 3.8) is 0 Å². The molecule has 0 bridgehead atoms. The quantitative estimate of drug-likeness (QED) is 0.709. The summed E-state index contributed by atoms with van der Waals surface area (Å²) in [5.74, 6) is -0.972. The molecule has 1 aliphatic rings. The van der Waals surface area contributed by atoms with E-state index < -0.39 is 36.0 Å². The van der Waals surface area contributed by atoms with Crippen LogP contribution >= 0.6 is 0 Å². The molecule has 0 saturated carbocycles. The molecule has 98 valence electrons. The number of carbonyl (C=O) groups is 2. The predicted molar refractivity (Wildman–Crippen MR) is 56.9 cm³/mol. The molecule has 0 aliphatic carbocycles. The Balaban J connectivity index is 2.73. The van der Waals surface area contributed by atoms with Crippen molar-refractivity contribution in [2.45, 2.75) is 58.2 Å². The molecule has 6 heteroatoms. The topological polar surface area (TPSA) is 82.1 Å².